The Balaban J connectivity index is 1.90. The van der Waals surface area contributed by atoms with Gasteiger partial charge in [-0.2, -0.15) is 0 Å². The Bertz CT molecular complexity index is 147. The minimum atomic E-state index is 0.951. The van der Waals surface area contributed by atoms with Gasteiger partial charge >= 0.3 is 0 Å². The number of piperidine rings is 2. The highest BCUT2D eigenvalue weighted by molar-refractivity contribution is 4.84. The molecule has 0 spiro atoms. The number of hydrogen-bond acceptors (Lipinski definition) is 2. The molecule has 1 N–H and O–H groups in total. The van der Waals surface area contributed by atoms with Crippen molar-refractivity contribution >= 4 is 0 Å². The summed E-state index contributed by atoms with van der Waals surface area (Å²) in [6, 6.07) is 0. The minimum absolute atomic E-state index is 0.951. The lowest BCUT2D eigenvalue weighted by Crippen LogP contribution is -2.48. The molecule has 2 saturated heterocycles. The molecule has 0 saturated carbocycles. The third kappa shape index (κ3) is 1.64. The summed E-state index contributed by atoms with van der Waals surface area (Å²) in [6.45, 7) is 8.72. The first kappa shape index (κ1) is 8.52. The van der Waals surface area contributed by atoms with Crippen LogP contribution in [0.4, 0.5) is 0 Å². The van der Waals surface area contributed by atoms with Crippen molar-refractivity contribution < 1.29 is 0 Å². The van der Waals surface area contributed by atoms with E-state index in [1.807, 2.05) is 0 Å². The number of nitrogens with zero attached hydrogens (tertiary/aromatic N) is 1. The molecule has 2 rings (SSSR count). The van der Waals surface area contributed by atoms with E-state index in [0.29, 0.717) is 0 Å². The molecular formula is C10H20N2. The van der Waals surface area contributed by atoms with Gasteiger partial charge in [-0.05, 0) is 50.9 Å². The van der Waals surface area contributed by atoms with Crippen LogP contribution in [0.1, 0.15) is 19.8 Å². The summed E-state index contributed by atoms with van der Waals surface area (Å²) in [5.74, 6) is 1.99. The van der Waals surface area contributed by atoms with E-state index >= 15 is 0 Å². The highest BCUT2D eigenvalue weighted by atomic mass is 15.1. The fourth-order valence-electron chi connectivity index (χ4n) is 2.63. The molecule has 2 unspecified atom stereocenters. The van der Waals surface area contributed by atoms with E-state index in [4.69, 9.17) is 0 Å². The van der Waals surface area contributed by atoms with Crippen molar-refractivity contribution in [3.05, 3.63) is 0 Å². The second kappa shape index (κ2) is 3.75. The maximum absolute atomic E-state index is 3.50. The van der Waals surface area contributed by atoms with Gasteiger partial charge in [0, 0.05) is 6.54 Å². The second-order valence-corrected chi connectivity index (χ2v) is 4.19. The first-order valence-electron chi connectivity index (χ1n) is 5.33. The molecule has 70 valence electrons. The molecule has 2 nitrogen and oxygen atoms in total. The monoisotopic (exact) mass is 168 g/mol. The van der Waals surface area contributed by atoms with Crippen LogP contribution in [-0.4, -0.2) is 37.6 Å². The average Bonchev–Trinajstić information content (AvgIpc) is 2.17. The quantitative estimate of drug-likeness (QED) is 0.627. The number of nitrogens with one attached hydrogen (secondary N) is 1. The summed E-state index contributed by atoms with van der Waals surface area (Å²) < 4.78 is 0. The Hall–Kier alpha value is -0.0800. The summed E-state index contributed by atoms with van der Waals surface area (Å²) in [6.07, 6.45) is 2.86. The van der Waals surface area contributed by atoms with Gasteiger partial charge in [-0.25, -0.2) is 0 Å². The lowest BCUT2D eigenvalue weighted by Gasteiger charge is -2.41. The van der Waals surface area contributed by atoms with E-state index in [0.717, 1.165) is 11.8 Å². The maximum atomic E-state index is 3.50. The SMILES string of the molecule is CCN1CCC2CCNCC2C1. The van der Waals surface area contributed by atoms with Crippen LogP contribution in [0.2, 0.25) is 0 Å². The van der Waals surface area contributed by atoms with Crippen molar-refractivity contribution in [2.45, 2.75) is 19.8 Å². The standard InChI is InChI=1S/C10H20N2/c1-2-12-6-4-9-3-5-11-7-10(9)8-12/h9-11H,2-8H2,1H3. The molecule has 2 heterocycles. The molecule has 0 amide bonds. The van der Waals surface area contributed by atoms with E-state index in [-0.39, 0.29) is 0 Å². The zero-order valence-electron chi connectivity index (χ0n) is 8.05. The van der Waals surface area contributed by atoms with E-state index < -0.39 is 0 Å². The Morgan fingerprint density at radius 2 is 2.25 bits per heavy atom. The van der Waals surface area contributed by atoms with Gasteiger partial charge in [0.1, 0.15) is 0 Å². The lowest BCUT2D eigenvalue weighted by molar-refractivity contribution is 0.100. The highest BCUT2D eigenvalue weighted by Gasteiger charge is 2.29. The van der Waals surface area contributed by atoms with E-state index in [1.165, 1.54) is 45.6 Å². The van der Waals surface area contributed by atoms with Gasteiger partial charge in [-0.1, -0.05) is 6.92 Å². The molecule has 12 heavy (non-hydrogen) atoms. The predicted octanol–water partition coefficient (Wildman–Crippen LogP) is 0.938. The molecule has 0 aromatic heterocycles. The van der Waals surface area contributed by atoms with Crippen LogP contribution < -0.4 is 5.32 Å². The Labute approximate surface area is 75.3 Å². The summed E-state index contributed by atoms with van der Waals surface area (Å²) in [7, 11) is 0. The lowest BCUT2D eigenvalue weighted by atomic mass is 9.81. The molecule has 0 radical (unpaired) electrons. The molecule has 0 bridgehead atoms. The van der Waals surface area contributed by atoms with Crippen LogP contribution in [-0.2, 0) is 0 Å². The molecule has 0 aromatic rings. The third-order valence-corrected chi connectivity index (χ3v) is 3.52. The number of likely N-dealkylation sites (tertiary alicyclic amines) is 1. The Morgan fingerprint density at radius 1 is 1.33 bits per heavy atom. The van der Waals surface area contributed by atoms with E-state index in [9.17, 15) is 0 Å². The van der Waals surface area contributed by atoms with Crippen LogP contribution in [0.15, 0.2) is 0 Å². The van der Waals surface area contributed by atoms with Crippen LogP contribution in [0, 0.1) is 11.8 Å². The van der Waals surface area contributed by atoms with Gasteiger partial charge in [-0.3, -0.25) is 0 Å². The molecule has 2 heteroatoms. The van der Waals surface area contributed by atoms with Crippen molar-refractivity contribution in [2.75, 3.05) is 32.7 Å². The fraction of sp³-hybridized carbons (Fsp3) is 1.00. The second-order valence-electron chi connectivity index (χ2n) is 4.19. The molecule has 0 aromatic carbocycles. The van der Waals surface area contributed by atoms with Crippen LogP contribution in [0.3, 0.4) is 0 Å². The van der Waals surface area contributed by atoms with Crippen LogP contribution in [0.25, 0.3) is 0 Å². The van der Waals surface area contributed by atoms with E-state index in [1.54, 1.807) is 0 Å². The Kier molecular flexibility index (Phi) is 2.66. The fourth-order valence-corrected chi connectivity index (χ4v) is 2.63. The summed E-state index contributed by atoms with van der Waals surface area (Å²) >= 11 is 0. The van der Waals surface area contributed by atoms with Crippen LogP contribution in [0.5, 0.6) is 0 Å². The third-order valence-electron chi connectivity index (χ3n) is 3.52. The normalized spacial score (nSPS) is 37.8. The van der Waals surface area contributed by atoms with Crippen molar-refractivity contribution in [1.82, 2.24) is 10.2 Å². The Morgan fingerprint density at radius 3 is 3.08 bits per heavy atom. The van der Waals surface area contributed by atoms with Gasteiger partial charge < -0.3 is 10.2 Å². The van der Waals surface area contributed by atoms with Gasteiger partial charge in [0.2, 0.25) is 0 Å². The number of hydrogen-bond donors (Lipinski definition) is 1. The summed E-state index contributed by atoms with van der Waals surface area (Å²) in [5, 5.41) is 3.50. The summed E-state index contributed by atoms with van der Waals surface area (Å²) in [4.78, 5) is 2.59. The van der Waals surface area contributed by atoms with Gasteiger partial charge in [0.05, 0.1) is 0 Å². The zero-order chi connectivity index (χ0) is 8.39. The van der Waals surface area contributed by atoms with Gasteiger partial charge in [-0.15, -0.1) is 0 Å². The largest absolute Gasteiger partial charge is 0.316 e. The number of rotatable bonds is 1. The average molecular weight is 168 g/mol. The minimum Gasteiger partial charge on any atom is -0.316 e. The van der Waals surface area contributed by atoms with Gasteiger partial charge in [0.15, 0.2) is 0 Å². The molecule has 0 aliphatic carbocycles. The zero-order valence-corrected chi connectivity index (χ0v) is 8.05. The first-order chi connectivity index (χ1) is 5.90. The van der Waals surface area contributed by atoms with Crippen molar-refractivity contribution in [3.63, 3.8) is 0 Å². The molecule has 2 atom stereocenters. The first-order valence-corrected chi connectivity index (χ1v) is 5.33. The van der Waals surface area contributed by atoms with Crippen molar-refractivity contribution in [3.8, 4) is 0 Å². The molecule has 2 aliphatic heterocycles. The molecule has 2 fully saturated rings. The topological polar surface area (TPSA) is 15.3 Å². The summed E-state index contributed by atoms with van der Waals surface area (Å²) in [5.41, 5.74) is 0. The molecule has 2 aliphatic rings. The van der Waals surface area contributed by atoms with Crippen molar-refractivity contribution in [1.29, 1.82) is 0 Å². The number of fused-ring (bicyclic) bond motifs is 1. The molecular weight excluding hydrogens is 148 g/mol. The van der Waals surface area contributed by atoms with Crippen molar-refractivity contribution in [2.24, 2.45) is 11.8 Å². The predicted molar refractivity (Wildman–Crippen MR) is 51.2 cm³/mol. The maximum Gasteiger partial charge on any atom is 0.00244 e. The van der Waals surface area contributed by atoms with E-state index in [2.05, 4.69) is 17.1 Å². The smallest absolute Gasteiger partial charge is 0.00244 e. The van der Waals surface area contributed by atoms with Crippen LogP contribution >= 0.6 is 0 Å². The highest BCUT2D eigenvalue weighted by Crippen LogP contribution is 2.27. The van der Waals surface area contributed by atoms with Gasteiger partial charge in [0.25, 0.3) is 0 Å².